The minimum atomic E-state index is -0.682. The first-order valence-corrected chi connectivity index (χ1v) is 8.85. The van der Waals surface area contributed by atoms with Crippen LogP contribution in [0.5, 0.6) is 11.5 Å². The molecule has 0 spiro atoms. The van der Waals surface area contributed by atoms with Crippen LogP contribution in [-0.2, 0) is 11.2 Å². The minimum absolute atomic E-state index is 0.0615. The fourth-order valence-corrected chi connectivity index (χ4v) is 2.71. The van der Waals surface area contributed by atoms with Gasteiger partial charge in [0.15, 0.2) is 0 Å². The Hall–Kier alpha value is -4.14. The summed E-state index contributed by atoms with van der Waals surface area (Å²) < 4.78 is 9.69. The van der Waals surface area contributed by atoms with Gasteiger partial charge in [0.25, 0.3) is 11.5 Å². The van der Waals surface area contributed by atoms with E-state index in [1.165, 1.54) is 25.3 Å². The number of aromatic hydroxyl groups is 1. The van der Waals surface area contributed by atoms with E-state index in [-0.39, 0.29) is 22.7 Å². The van der Waals surface area contributed by atoms with E-state index in [1.807, 2.05) is 12.1 Å². The van der Waals surface area contributed by atoms with Crippen molar-refractivity contribution < 1.29 is 24.2 Å². The summed E-state index contributed by atoms with van der Waals surface area (Å²) in [6, 6.07) is 12.2. The number of phenolic OH excluding ortho intramolecular Hbond substituents is 1. The van der Waals surface area contributed by atoms with Crippen LogP contribution in [-0.4, -0.2) is 41.2 Å². The first-order chi connectivity index (χ1) is 14.4. The molecule has 9 heteroatoms. The standard InChI is InChI=1S/C21H19N3O6/c1-29-14-6-3-12(4-7-14)9-18-22-16(11-19(26)24-18)20(27)23-15-8-5-13(10-17(15)25)21(28)30-2/h3-8,10-11,25H,9H2,1-2H3,(H,23,27)(H,22,24,26). The van der Waals surface area contributed by atoms with Crippen molar-refractivity contribution in [3.8, 4) is 11.5 Å². The van der Waals surface area contributed by atoms with Gasteiger partial charge in [-0.2, -0.15) is 0 Å². The number of ether oxygens (including phenoxy) is 2. The molecule has 0 saturated carbocycles. The highest BCUT2D eigenvalue weighted by Gasteiger charge is 2.15. The summed E-state index contributed by atoms with van der Waals surface area (Å²) >= 11 is 0. The number of esters is 1. The summed E-state index contributed by atoms with van der Waals surface area (Å²) in [6.45, 7) is 0. The molecular weight excluding hydrogens is 390 g/mol. The summed E-state index contributed by atoms with van der Waals surface area (Å²) in [5.41, 5.74) is 0.464. The molecule has 0 fully saturated rings. The van der Waals surface area contributed by atoms with Gasteiger partial charge in [-0.05, 0) is 35.9 Å². The van der Waals surface area contributed by atoms with Crippen LogP contribution in [0, 0.1) is 0 Å². The van der Waals surface area contributed by atoms with Crippen LogP contribution < -0.4 is 15.6 Å². The van der Waals surface area contributed by atoms with Crippen LogP contribution >= 0.6 is 0 Å². The van der Waals surface area contributed by atoms with E-state index in [0.29, 0.717) is 18.0 Å². The summed E-state index contributed by atoms with van der Waals surface area (Å²) in [5, 5.41) is 12.5. The van der Waals surface area contributed by atoms with Crippen molar-refractivity contribution in [2.45, 2.75) is 6.42 Å². The molecule has 30 heavy (non-hydrogen) atoms. The Labute approximate surface area is 171 Å². The molecule has 1 heterocycles. The van der Waals surface area contributed by atoms with Crippen LogP contribution in [0.4, 0.5) is 5.69 Å². The maximum atomic E-state index is 12.5. The Morgan fingerprint density at radius 2 is 1.83 bits per heavy atom. The van der Waals surface area contributed by atoms with E-state index < -0.39 is 17.4 Å². The lowest BCUT2D eigenvalue weighted by Crippen LogP contribution is -2.20. The van der Waals surface area contributed by atoms with Crippen molar-refractivity contribution in [1.82, 2.24) is 9.97 Å². The number of H-pyrrole nitrogens is 1. The molecule has 0 aliphatic rings. The van der Waals surface area contributed by atoms with E-state index in [9.17, 15) is 19.5 Å². The Balaban J connectivity index is 1.79. The quantitative estimate of drug-likeness (QED) is 0.420. The van der Waals surface area contributed by atoms with Crippen LogP contribution in [0.1, 0.15) is 32.2 Å². The molecule has 0 saturated heterocycles. The fraction of sp³-hybridized carbons (Fsp3) is 0.143. The van der Waals surface area contributed by atoms with E-state index in [2.05, 4.69) is 20.0 Å². The molecule has 9 nitrogen and oxygen atoms in total. The molecule has 3 N–H and O–H groups in total. The lowest BCUT2D eigenvalue weighted by Gasteiger charge is -2.09. The molecule has 0 bridgehead atoms. The third-order valence-electron chi connectivity index (χ3n) is 4.22. The number of hydrogen-bond donors (Lipinski definition) is 3. The van der Waals surface area contributed by atoms with E-state index in [0.717, 1.165) is 11.6 Å². The number of methoxy groups -OCH3 is 2. The number of carbonyl (C=O) groups is 2. The predicted molar refractivity (Wildman–Crippen MR) is 108 cm³/mol. The number of aromatic amines is 1. The van der Waals surface area contributed by atoms with E-state index in [4.69, 9.17) is 4.74 Å². The van der Waals surface area contributed by atoms with Crippen LogP contribution in [0.25, 0.3) is 0 Å². The zero-order valence-electron chi connectivity index (χ0n) is 16.3. The number of rotatable bonds is 6. The van der Waals surface area contributed by atoms with Gasteiger partial charge in [0.05, 0.1) is 25.5 Å². The second-order valence-electron chi connectivity index (χ2n) is 6.28. The topological polar surface area (TPSA) is 131 Å². The van der Waals surface area contributed by atoms with Crippen molar-refractivity contribution in [3.05, 3.63) is 81.5 Å². The summed E-state index contributed by atoms with van der Waals surface area (Å²) in [7, 11) is 2.79. The maximum absolute atomic E-state index is 12.5. The van der Waals surface area contributed by atoms with Crippen LogP contribution in [0.15, 0.2) is 53.3 Å². The van der Waals surface area contributed by atoms with Gasteiger partial charge in [0.1, 0.15) is 23.0 Å². The molecule has 3 rings (SSSR count). The fourth-order valence-electron chi connectivity index (χ4n) is 2.71. The molecule has 0 aliphatic heterocycles. The molecule has 154 valence electrons. The van der Waals surface area contributed by atoms with Gasteiger partial charge in [-0.3, -0.25) is 9.59 Å². The molecule has 0 unspecified atom stereocenters. The lowest BCUT2D eigenvalue weighted by atomic mass is 10.1. The lowest BCUT2D eigenvalue weighted by molar-refractivity contribution is 0.0600. The van der Waals surface area contributed by atoms with Crippen molar-refractivity contribution in [3.63, 3.8) is 0 Å². The molecule has 3 aromatic rings. The number of nitrogens with one attached hydrogen (secondary N) is 2. The second-order valence-corrected chi connectivity index (χ2v) is 6.28. The zero-order chi connectivity index (χ0) is 21.7. The molecule has 0 radical (unpaired) electrons. The number of phenols is 1. The van der Waals surface area contributed by atoms with Crippen LogP contribution in [0.3, 0.4) is 0 Å². The molecular formula is C21H19N3O6. The summed E-state index contributed by atoms with van der Waals surface area (Å²) in [6.07, 6.45) is 0.305. The van der Waals surface area contributed by atoms with Gasteiger partial charge in [0.2, 0.25) is 0 Å². The molecule has 1 amide bonds. The predicted octanol–water partition coefficient (Wildman–Crippen LogP) is 2.11. The van der Waals surface area contributed by atoms with Crippen molar-refractivity contribution in [2.24, 2.45) is 0 Å². The number of amides is 1. The number of anilines is 1. The third-order valence-corrected chi connectivity index (χ3v) is 4.22. The van der Waals surface area contributed by atoms with Crippen molar-refractivity contribution in [2.75, 3.05) is 19.5 Å². The van der Waals surface area contributed by atoms with Gasteiger partial charge in [-0.1, -0.05) is 12.1 Å². The van der Waals surface area contributed by atoms with Crippen molar-refractivity contribution >= 4 is 17.6 Å². The summed E-state index contributed by atoms with van der Waals surface area (Å²) in [4.78, 5) is 42.8. The average molecular weight is 409 g/mol. The maximum Gasteiger partial charge on any atom is 0.337 e. The number of benzene rings is 2. The van der Waals surface area contributed by atoms with Gasteiger partial charge in [0, 0.05) is 12.5 Å². The highest BCUT2D eigenvalue weighted by atomic mass is 16.5. The number of nitrogens with zero attached hydrogens (tertiary/aromatic N) is 1. The Morgan fingerprint density at radius 1 is 1.10 bits per heavy atom. The third kappa shape index (κ3) is 4.82. The molecule has 0 aliphatic carbocycles. The largest absolute Gasteiger partial charge is 0.506 e. The normalized spacial score (nSPS) is 10.3. The van der Waals surface area contributed by atoms with E-state index >= 15 is 0 Å². The molecule has 1 aromatic heterocycles. The molecule has 0 atom stereocenters. The van der Waals surface area contributed by atoms with Crippen LogP contribution in [0.2, 0.25) is 0 Å². The first-order valence-electron chi connectivity index (χ1n) is 8.85. The Bertz CT molecular complexity index is 1140. The highest BCUT2D eigenvalue weighted by molar-refractivity contribution is 6.04. The number of carbonyl (C=O) groups excluding carboxylic acids is 2. The Kier molecular flexibility index (Phi) is 6.11. The second kappa shape index (κ2) is 8.91. The smallest absolute Gasteiger partial charge is 0.337 e. The first kappa shape index (κ1) is 20.6. The monoisotopic (exact) mass is 409 g/mol. The SMILES string of the molecule is COC(=O)c1ccc(NC(=O)c2cc(=O)[nH]c(Cc3ccc(OC)cc3)n2)c(O)c1. The van der Waals surface area contributed by atoms with Gasteiger partial charge < -0.3 is 24.9 Å². The van der Waals surface area contributed by atoms with Gasteiger partial charge in [-0.15, -0.1) is 0 Å². The minimum Gasteiger partial charge on any atom is -0.506 e. The van der Waals surface area contributed by atoms with Gasteiger partial charge in [-0.25, -0.2) is 9.78 Å². The van der Waals surface area contributed by atoms with Crippen molar-refractivity contribution in [1.29, 1.82) is 0 Å². The average Bonchev–Trinajstić information content (AvgIpc) is 2.74. The van der Waals surface area contributed by atoms with E-state index in [1.54, 1.807) is 19.2 Å². The highest BCUT2D eigenvalue weighted by Crippen LogP contribution is 2.25. The summed E-state index contributed by atoms with van der Waals surface area (Å²) in [5.74, 6) is -0.621. The molecule has 2 aromatic carbocycles. The zero-order valence-corrected chi connectivity index (χ0v) is 16.3. The van der Waals surface area contributed by atoms with Gasteiger partial charge >= 0.3 is 5.97 Å². The Morgan fingerprint density at radius 3 is 2.47 bits per heavy atom. The number of aromatic nitrogens is 2. The number of hydrogen-bond acceptors (Lipinski definition) is 7.